The van der Waals surface area contributed by atoms with Crippen LogP contribution in [-0.2, 0) is 10.0 Å². The first kappa shape index (κ1) is 26.9. The van der Waals surface area contributed by atoms with E-state index in [9.17, 15) is 22.4 Å². The highest BCUT2D eigenvalue weighted by atomic mass is 32.2. The van der Waals surface area contributed by atoms with E-state index in [2.05, 4.69) is 25.5 Å². The van der Waals surface area contributed by atoms with E-state index < -0.39 is 27.3 Å². The molecule has 206 valence electrons. The van der Waals surface area contributed by atoms with E-state index >= 15 is 0 Å². The van der Waals surface area contributed by atoms with Crippen molar-refractivity contribution in [2.24, 2.45) is 0 Å². The Morgan fingerprint density at radius 1 is 1.05 bits per heavy atom. The number of hydrogen-bond donors (Lipinski definition) is 2. The van der Waals surface area contributed by atoms with Crippen molar-refractivity contribution in [3.05, 3.63) is 88.2 Å². The average molecular weight is 565 g/mol. The van der Waals surface area contributed by atoms with Crippen molar-refractivity contribution in [3.63, 3.8) is 0 Å². The fraction of sp³-hybridized carbons (Fsp3) is 0.192. The van der Waals surface area contributed by atoms with Crippen molar-refractivity contribution in [1.82, 2.24) is 33.8 Å². The van der Waals surface area contributed by atoms with Crippen molar-refractivity contribution in [2.75, 3.05) is 18.4 Å². The van der Waals surface area contributed by atoms with Crippen LogP contribution in [-0.4, -0.2) is 61.2 Å². The van der Waals surface area contributed by atoms with Crippen LogP contribution in [0.3, 0.4) is 0 Å². The molecule has 0 radical (unpaired) electrons. The summed E-state index contributed by atoms with van der Waals surface area (Å²) in [6, 6.07) is 12.8. The first-order valence-electron chi connectivity index (χ1n) is 12.3. The molecule has 40 heavy (non-hydrogen) atoms. The van der Waals surface area contributed by atoms with Crippen LogP contribution in [0.15, 0.2) is 70.5 Å². The molecule has 12 nitrogen and oxygen atoms in total. The van der Waals surface area contributed by atoms with Gasteiger partial charge in [-0.05, 0) is 55.5 Å². The van der Waals surface area contributed by atoms with E-state index in [0.717, 1.165) is 0 Å². The fourth-order valence-electron chi connectivity index (χ4n) is 4.21. The van der Waals surface area contributed by atoms with Crippen LogP contribution in [0.2, 0.25) is 0 Å². The highest BCUT2D eigenvalue weighted by Crippen LogP contribution is 2.20. The Hall–Kier alpha value is -4.69. The molecule has 0 saturated carbocycles. The number of halogens is 1. The molecule has 2 aromatic carbocycles. The van der Waals surface area contributed by atoms with Gasteiger partial charge in [0.2, 0.25) is 16.0 Å². The summed E-state index contributed by atoms with van der Waals surface area (Å²) in [5.41, 5.74) is 0.975. The third-order valence-corrected chi connectivity index (χ3v) is 8.29. The predicted molar refractivity (Wildman–Crippen MR) is 146 cm³/mol. The lowest BCUT2D eigenvalue weighted by molar-refractivity contribution is 0.102. The van der Waals surface area contributed by atoms with Crippen LogP contribution in [0.4, 0.5) is 10.2 Å². The SMILES string of the molecule is CCN(CC)S(=O)(=O)c1ccc(C(=O)Nc2cc(C)nn2-c2nc3c(cnn3-c3ccc(F)cc3)c(=O)[nH]2)cc1. The van der Waals surface area contributed by atoms with Crippen molar-refractivity contribution in [1.29, 1.82) is 0 Å². The number of hydrogen-bond acceptors (Lipinski definition) is 7. The minimum atomic E-state index is -3.67. The Morgan fingerprint density at radius 2 is 1.73 bits per heavy atom. The average Bonchev–Trinajstić information content (AvgIpc) is 3.53. The van der Waals surface area contributed by atoms with Gasteiger partial charge in [0.05, 0.1) is 22.5 Å². The maximum Gasteiger partial charge on any atom is 0.263 e. The maximum absolute atomic E-state index is 13.4. The second-order valence-corrected chi connectivity index (χ2v) is 10.7. The number of sulfonamides is 1. The third kappa shape index (κ3) is 4.89. The van der Waals surface area contributed by atoms with Crippen LogP contribution < -0.4 is 10.9 Å². The molecule has 5 rings (SSSR count). The molecule has 0 aliphatic carbocycles. The molecule has 1 amide bonds. The molecule has 0 bridgehead atoms. The smallest absolute Gasteiger partial charge is 0.263 e. The molecule has 3 aromatic heterocycles. The number of H-pyrrole nitrogens is 1. The monoisotopic (exact) mass is 564 g/mol. The van der Waals surface area contributed by atoms with Crippen LogP contribution in [0.5, 0.6) is 0 Å². The Labute approximate surface area is 228 Å². The highest BCUT2D eigenvalue weighted by molar-refractivity contribution is 7.89. The van der Waals surface area contributed by atoms with Gasteiger partial charge in [-0.2, -0.15) is 24.2 Å². The fourth-order valence-corrected chi connectivity index (χ4v) is 5.67. The van der Waals surface area contributed by atoms with Gasteiger partial charge >= 0.3 is 0 Å². The van der Waals surface area contributed by atoms with Gasteiger partial charge in [-0.1, -0.05) is 13.8 Å². The van der Waals surface area contributed by atoms with Gasteiger partial charge in [-0.25, -0.2) is 17.5 Å². The summed E-state index contributed by atoms with van der Waals surface area (Å²) in [5, 5.41) is 11.5. The van der Waals surface area contributed by atoms with Gasteiger partial charge in [0.1, 0.15) is 17.0 Å². The number of fused-ring (bicyclic) bond motifs is 1. The Kier molecular flexibility index (Phi) is 7.04. The second-order valence-electron chi connectivity index (χ2n) is 8.81. The van der Waals surface area contributed by atoms with E-state index in [1.807, 2.05) is 0 Å². The normalized spacial score (nSPS) is 11.8. The van der Waals surface area contributed by atoms with Gasteiger partial charge in [0, 0.05) is 24.7 Å². The summed E-state index contributed by atoms with van der Waals surface area (Å²) < 4.78 is 42.9. The van der Waals surface area contributed by atoms with Crippen LogP contribution in [0.25, 0.3) is 22.7 Å². The van der Waals surface area contributed by atoms with Crippen LogP contribution >= 0.6 is 0 Å². The lowest BCUT2D eigenvalue weighted by Gasteiger charge is -2.18. The summed E-state index contributed by atoms with van der Waals surface area (Å²) in [6.45, 7) is 5.88. The minimum Gasteiger partial charge on any atom is -0.306 e. The summed E-state index contributed by atoms with van der Waals surface area (Å²) in [5.74, 6) is -0.699. The van der Waals surface area contributed by atoms with Gasteiger partial charge in [-0.3, -0.25) is 14.6 Å². The van der Waals surface area contributed by atoms with E-state index in [0.29, 0.717) is 24.5 Å². The number of nitrogens with one attached hydrogen (secondary N) is 2. The number of aromatic amines is 1. The van der Waals surface area contributed by atoms with Gasteiger partial charge in [0.25, 0.3) is 11.5 Å². The van der Waals surface area contributed by atoms with Gasteiger partial charge in [0.15, 0.2) is 5.65 Å². The number of carbonyl (C=O) groups excluding carboxylic acids is 1. The number of benzene rings is 2. The molecule has 0 atom stereocenters. The number of amides is 1. The largest absolute Gasteiger partial charge is 0.306 e. The number of aromatic nitrogens is 6. The first-order chi connectivity index (χ1) is 19.1. The van der Waals surface area contributed by atoms with Crippen molar-refractivity contribution in [3.8, 4) is 11.6 Å². The Bertz CT molecular complexity index is 1870. The molecule has 2 N–H and O–H groups in total. The van der Waals surface area contributed by atoms with Crippen LogP contribution in [0.1, 0.15) is 29.9 Å². The zero-order valence-electron chi connectivity index (χ0n) is 21.8. The quantitative estimate of drug-likeness (QED) is 0.294. The van der Waals surface area contributed by atoms with E-state index in [4.69, 9.17) is 0 Å². The number of anilines is 1. The molecule has 0 aliphatic heterocycles. The molecular weight excluding hydrogens is 539 g/mol. The number of nitrogens with zero attached hydrogens (tertiary/aromatic N) is 6. The molecule has 5 aromatic rings. The molecular formula is C26H25FN8O4S. The Balaban J connectivity index is 1.47. The molecule has 0 saturated heterocycles. The topological polar surface area (TPSA) is 148 Å². The summed E-state index contributed by atoms with van der Waals surface area (Å²) in [6.07, 6.45) is 1.36. The standard InChI is InChI=1S/C26H25FN8O4S/c1-4-33(5-2)40(38,39)20-12-6-17(7-13-20)24(36)29-22-14-16(3)32-35(22)26-30-23-21(25(37)31-26)15-28-34(23)19-10-8-18(27)9-11-19/h6-15H,4-5H2,1-3H3,(H,29,36)(H,30,31,37). The van der Waals surface area contributed by atoms with E-state index in [1.54, 1.807) is 26.8 Å². The summed E-state index contributed by atoms with van der Waals surface area (Å²) in [7, 11) is -3.67. The number of rotatable bonds is 8. The van der Waals surface area contributed by atoms with E-state index in [1.165, 1.54) is 68.4 Å². The molecule has 0 unspecified atom stereocenters. The van der Waals surface area contributed by atoms with E-state index in [-0.39, 0.29) is 33.3 Å². The summed E-state index contributed by atoms with van der Waals surface area (Å²) in [4.78, 5) is 33.2. The Morgan fingerprint density at radius 3 is 2.38 bits per heavy atom. The molecule has 14 heteroatoms. The lowest BCUT2D eigenvalue weighted by atomic mass is 10.2. The number of aryl methyl sites for hydroxylation is 1. The molecule has 0 fully saturated rings. The molecule has 3 heterocycles. The lowest BCUT2D eigenvalue weighted by Crippen LogP contribution is -2.30. The van der Waals surface area contributed by atoms with Gasteiger partial charge < -0.3 is 5.32 Å². The third-order valence-electron chi connectivity index (χ3n) is 6.23. The molecule has 0 spiro atoms. The van der Waals surface area contributed by atoms with Crippen molar-refractivity contribution < 1.29 is 17.6 Å². The summed E-state index contributed by atoms with van der Waals surface area (Å²) >= 11 is 0. The first-order valence-corrected chi connectivity index (χ1v) is 13.8. The zero-order chi connectivity index (χ0) is 28.6. The van der Waals surface area contributed by atoms with Crippen molar-refractivity contribution in [2.45, 2.75) is 25.7 Å². The second kappa shape index (κ2) is 10.5. The highest BCUT2D eigenvalue weighted by Gasteiger charge is 2.22. The van der Waals surface area contributed by atoms with Gasteiger partial charge in [-0.15, -0.1) is 0 Å². The maximum atomic E-state index is 13.4. The minimum absolute atomic E-state index is 0.0189. The van der Waals surface area contributed by atoms with Crippen molar-refractivity contribution >= 4 is 32.8 Å². The van der Waals surface area contributed by atoms with Crippen LogP contribution in [0, 0.1) is 12.7 Å². The zero-order valence-corrected chi connectivity index (χ0v) is 22.6. The number of carbonyl (C=O) groups is 1. The molecule has 0 aliphatic rings. The predicted octanol–water partition coefficient (Wildman–Crippen LogP) is 3.02.